The molecule has 0 spiro atoms. The molecule has 0 aliphatic carbocycles. The smallest absolute Gasteiger partial charge is 0.224 e. The van der Waals surface area contributed by atoms with Gasteiger partial charge in [-0.25, -0.2) is 0 Å². The van der Waals surface area contributed by atoms with Crippen LogP contribution in [0.15, 0.2) is 72.8 Å². The van der Waals surface area contributed by atoms with E-state index in [4.69, 9.17) is 15.2 Å². The van der Waals surface area contributed by atoms with Crippen LogP contribution in [-0.4, -0.2) is 47.6 Å². The molecule has 5 N–H and O–H groups in total. The van der Waals surface area contributed by atoms with Crippen molar-refractivity contribution in [2.45, 2.75) is 82.9 Å². The standard InChI is InChI=1S/C36H46N4O5/c37-31-9-4-5-10-32(31)39-35(43)12-8-11-34(42)38-29-19-17-28(18-20-29)36-44-30(24-40-21-6-2-1-3-7-22-40)23-33(45-36)27-15-13-26(25-41)14-16-27/h4-5,9-10,13-20,30,33,36,41H,1-3,6-8,11-12,21-25,37H2,(H,38,42)(H,39,43). The molecule has 0 radical (unpaired) electrons. The third kappa shape index (κ3) is 9.86. The number of carbonyl (C=O) groups is 2. The molecule has 2 saturated heterocycles. The van der Waals surface area contributed by atoms with E-state index in [0.29, 0.717) is 23.5 Å². The van der Waals surface area contributed by atoms with Crippen LogP contribution in [0.2, 0.25) is 0 Å². The molecule has 2 amide bonds. The molecule has 45 heavy (non-hydrogen) atoms. The molecule has 0 bridgehead atoms. The molecule has 3 atom stereocenters. The quantitative estimate of drug-likeness (QED) is 0.186. The number of nitrogens with two attached hydrogens (primary N) is 1. The van der Waals surface area contributed by atoms with Crippen molar-refractivity contribution in [2.24, 2.45) is 0 Å². The maximum absolute atomic E-state index is 12.6. The van der Waals surface area contributed by atoms with Crippen molar-refractivity contribution in [1.29, 1.82) is 0 Å². The highest BCUT2D eigenvalue weighted by atomic mass is 16.7. The summed E-state index contributed by atoms with van der Waals surface area (Å²) < 4.78 is 13.1. The van der Waals surface area contributed by atoms with Gasteiger partial charge in [-0.3, -0.25) is 9.59 Å². The van der Waals surface area contributed by atoms with E-state index in [1.807, 2.05) is 60.7 Å². The number of nitrogen functional groups attached to an aromatic ring is 1. The zero-order valence-corrected chi connectivity index (χ0v) is 26.0. The van der Waals surface area contributed by atoms with Gasteiger partial charge in [0, 0.05) is 37.1 Å². The van der Waals surface area contributed by atoms with Gasteiger partial charge in [-0.1, -0.05) is 67.8 Å². The minimum absolute atomic E-state index is 0.0111. The molecular formula is C36H46N4O5. The first kappa shape index (κ1) is 32.6. The first-order valence-electron chi connectivity index (χ1n) is 16.2. The van der Waals surface area contributed by atoms with Gasteiger partial charge in [-0.05, 0) is 67.7 Å². The summed E-state index contributed by atoms with van der Waals surface area (Å²) in [5, 5.41) is 15.2. The normalized spacial score (nSPS) is 21.0. The lowest BCUT2D eigenvalue weighted by Gasteiger charge is -2.38. The van der Waals surface area contributed by atoms with E-state index in [1.165, 1.54) is 32.1 Å². The van der Waals surface area contributed by atoms with Crippen LogP contribution in [0.1, 0.15) is 86.9 Å². The Labute approximate surface area is 266 Å². The van der Waals surface area contributed by atoms with Crippen LogP contribution in [0, 0.1) is 0 Å². The zero-order valence-electron chi connectivity index (χ0n) is 26.0. The van der Waals surface area contributed by atoms with Gasteiger partial charge in [-0.15, -0.1) is 0 Å². The predicted octanol–water partition coefficient (Wildman–Crippen LogP) is 6.32. The Balaban J connectivity index is 1.17. The van der Waals surface area contributed by atoms with Crippen molar-refractivity contribution in [3.05, 3.63) is 89.5 Å². The summed E-state index contributed by atoms with van der Waals surface area (Å²) in [6.07, 6.45) is 7.32. The van der Waals surface area contributed by atoms with Crippen molar-refractivity contribution in [3.8, 4) is 0 Å². The number of nitrogens with one attached hydrogen (secondary N) is 2. The van der Waals surface area contributed by atoms with Crippen LogP contribution >= 0.6 is 0 Å². The molecule has 2 aliphatic heterocycles. The lowest BCUT2D eigenvalue weighted by molar-refractivity contribution is -0.253. The molecule has 3 aromatic rings. The van der Waals surface area contributed by atoms with E-state index >= 15 is 0 Å². The van der Waals surface area contributed by atoms with E-state index in [9.17, 15) is 14.7 Å². The Morgan fingerprint density at radius 2 is 1.44 bits per heavy atom. The van der Waals surface area contributed by atoms with Crippen LogP contribution in [0.4, 0.5) is 17.1 Å². The minimum atomic E-state index is -0.539. The number of rotatable bonds is 11. The number of benzene rings is 3. The van der Waals surface area contributed by atoms with E-state index < -0.39 is 6.29 Å². The van der Waals surface area contributed by atoms with Crippen molar-refractivity contribution in [3.63, 3.8) is 0 Å². The van der Waals surface area contributed by atoms with E-state index in [0.717, 1.165) is 42.7 Å². The van der Waals surface area contributed by atoms with Gasteiger partial charge in [0.05, 0.1) is 30.2 Å². The molecule has 2 heterocycles. The number of likely N-dealkylation sites (tertiary alicyclic amines) is 1. The Morgan fingerprint density at radius 1 is 0.800 bits per heavy atom. The van der Waals surface area contributed by atoms with Crippen LogP contribution in [0.5, 0.6) is 0 Å². The Kier molecular flexibility index (Phi) is 12.0. The van der Waals surface area contributed by atoms with Crippen LogP contribution in [-0.2, 0) is 25.7 Å². The first-order valence-corrected chi connectivity index (χ1v) is 16.2. The highest BCUT2D eigenvalue weighted by Gasteiger charge is 2.33. The molecule has 0 aromatic heterocycles. The van der Waals surface area contributed by atoms with Gasteiger partial charge in [0.15, 0.2) is 6.29 Å². The molecular weight excluding hydrogens is 568 g/mol. The van der Waals surface area contributed by atoms with Crippen molar-refractivity contribution in [1.82, 2.24) is 4.90 Å². The van der Waals surface area contributed by atoms with Gasteiger partial charge in [0.1, 0.15) is 0 Å². The second kappa shape index (κ2) is 16.5. The number of aliphatic hydroxyl groups is 1. The molecule has 2 fully saturated rings. The fourth-order valence-corrected chi connectivity index (χ4v) is 6.00. The molecule has 0 saturated carbocycles. The number of amides is 2. The third-order valence-corrected chi connectivity index (χ3v) is 8.53. The second-order valence-electron chi connectivity index (χ2n) is 12.1. The molecule has 9 heteroatoms. The highest BCUT2D eigenvalue weighted by Crippen LogP contribution is 2.38. The average molecular weight is 615 g/mol. The first-order chi connectivity index (χ1) is 22.0. The summed E-state index contributed by atoms with van der Waals surface area (Å²) in [4.78, 5) is 27.4. The van der Waals surface area contributed by atoms with E-state index in [-0.39, 0.29) is 43.5 Å². The van der Waals surface area contributed by atoms with Crippen LogP contribution < -0.4 is 16.4 Å². The van der Waals surface area contributed by atoms with Gasteiger partial charge < -0.3 is 35.8 Å². The Morgan fingerprint density at radius 3 is 2.13 bits per heavy atom. The van der Waals surface area contributed by atoms with Gasteiger partial charge in [-0.2, -0.15) is 0 Å². The number of hydrogen-bond acceptors (Lipinski definition) is 7. The third-order valence-electron chi connectivity index (χ3n) is 8.53. The summed E-state index contributed by atoms with van der Waals surface area (Å²) in [7, 11) is 0. The number of ether oxygens (including phenoxy) is 2. The summed E-state index contributed by atoms with van der Waals surface area (Å²) in [5.74, 6) is -0.329. The van der Waals surface area contributed by atoms with Crippen LogP contribution in [0.25, 0.3) is 0 Å². The lowest BCUT2D eigenvalue weighted by Crippen LogP contribution is -2.40. The van der Waals surface area contributed by atoms with Gasteiger partial charge >= 0.3 is 0 Å². The molecule has 3 aromatic carbocycles. The minimum Gasteiger partial charge on any atom is -0.397 e. The van der Waals surface area contributed by atoms with Gasteiger partial charge in [0.2, 0.25) is 11.8 Å². The number of aliphatic hydroxyl groups excluding tert-OH is 1. The lowest BCUT2D eigenvalue weighted by atomic mass is 9.99. The van der Waals surface area contributed by atoms with E-state index in [1.54, 1.807) is 12.1 Å². The van der Waals surface area contributed by atoms with Crippen molar-refractivity contribution < 1.29 is 24.2 Å². The molecule has 240 valence electrons. The topological polar surface area (TPSA) is 126 Å². The number of para-hydroxylation sites is 2. The SMILES string of the molecule is Nc1ccccc1NC(=O)CCCC(=O)Nc1ccc(C2OC(CN3CCCCCCC3)CC(c3ccc(CO)cc3)O2)cc1. The zero-order chi connectivity index (χ0) is 31.4. The summed E-state index contributed by atoms with van der Waals surface area (Å²) >= 11 is 0. The van der Waals surface area contributed by atoms with Gasteiger partial charge in [0.25, 0.3) is 0 Å². The molecule has 5 rings (SSSR count). The van der Waals surface area contributed by atoms with E-state index in [2.05, 4.69) is 15.5 Å². The fourth-order valence-electron chi connectivity index (χ4n) is 6.00. The summed E-state index contributed by atoms with van der Waals surface area (Å²) in [5.41, 5.74) is 10.5. The number of nitrogens with zero attached hydrogens (tertiary/aromatic N) is 1. The average Bonchev–Trinajstić information content (AvgIpc) is 3.03. The predicted molar refractivity (Wildman–Crippen MR) is 176 cm³/mol. The Bertz CT molecular complexity index is 1370. The monoisotopic (exact) mass is 614 g/mol. The maximum atomic E-state index is 12.6. The highest BCUT2D eigenvalue weighted by molar-refractivity contribution is 5.94. The summed E-state index contributed by atoms with van der Waals surface area (Å²) in [6.45, 7) is 3.08. The Hall–Kier alpha value is -3.76. The largest absolute Gasteiger partial charge is 0.397 e. The number of anilines is 3. The number of carbonyl (C=O) groups excluding carboxylic acids is 2. The fraction of sp³-hybridized carbons (Fsp3) is 0.444. The summed E-state index contributed by atoms with van der Waals surface area (Å²) in [6, 6.07) is 22.6. The van der Waals surface area contributed by atoms with Crippen molar-refractivity contribution >= 4 is 28.9 Å². The van der Waals surface area contributed by atoms with Crippen molar-refractivity contribution in [2.75, 3.05) is 36.0 Å². The maximum Gasteiger partial charge on any atom is 0.224 e. The van der Waals surface area contributed by atoms with Crippen LogP contribution in [0.3, 0.4) is 0 Å². The molecule has 3 unspecified atom stereocenters. The number of hydrogen-bond donors (Lipinski definition) is 4. The molecule has 9 nitrogen and oxygen atoms in total. The second-order valence-corrected chi connectivity index (χ2v) is 12.1. The molecule has 2 aliphatic rings.